The molecule has 82 valence electrons. The van der Waals surface area contributed by atoms with E-state index in [1.54, 1.807) is 4.78 Å². The molecule has 0 aliphatic carbocycles. The minimum atomic E-state index is -1.51. The van der Waals surface area contributed by atoms with Crippen LogP contribution in [0.2, 0.25) is 19.6 Å². The van der Waals surface area contributed by atoms with E-state index in [9.17, 15) is 0 Å². The summed E-state index contributed by atoms with van der Waals surface area (Å²) in [5.74, 6) is 0. The lowest BCUT2D eigenvalue weighted by atomic mass is 9.91. The first-order chi connectivity index (χ1) is 6.09. The van der Waals surface area contributed by atoms with E-state index in [0.29, 0.717) is 0 Å². The lowest BCUT2D eigenvalue weighted by Gasteiger charge is -2.29. The highest BCUT2D eigenvalue weighted by atomic mass is 28.3. The lowest BCUT2D eigenvalue weighted by Crippen LogP contribution is -2.39. The van der Waals surface area contributed by atoms with Gasteiger partial charge in [-0.2, -0.15) is 10.2 Å². The highest BCUT2D eigenvalue weighted by Gasteiger charge is 2.24. The summed E-state index contributed by atoms with van der Waals surface area (Å²) in [6.07, 6.45) is 0. The molecule has 0 spiro atoms. The van der Waals surface area contributed by atoms with Gasteiger partial charge < -0.3 is 0 Å². The standard InChI is InChI=1S/C10H23N3Si/c1-9(10(2,3)4)12-13(11-5)14(6,7)8/h5H2,1-4,6-8H3/b12-9+. The van der Waals surface area contributed by atoms with Crippen molar-refractivity contribution >= 4 is 20.7 Å². The van der Waals surface area contributed by atoms with E-state index in [-0.39, 0.29) is 5.41 Å². The molecule has 3 nitrogen and oxygen atoms in total. The largest absolute Gasteiger partial charge is 0.222 e. The topological polar surface area (TPSA) is 28.0 Å². The second-order valence-corrected chi connectivity index (χ2v) is 10.3. The average Bonchev–Trinajstić information content (AvgIpc) is 1.95. The number of rotatable bonds is 3. The van der Waals surface area contributed by atoms with Crippen molar-refractivity contribution < 1.29 is 0 Å². The molecule has 4 heteroatoms. The van der Waals surface area contributed by atoms with Crippen LogP contribution < -0.4 is 0 Å². The van der Waals surface area contributed by atoms with Gasteiger partial charge in [0.2, 0.25) is 8.24 Å². The van der Waals surface area contributed by atoms with E-state index in [1.165, 1.54) is 0 Å². The fraction of sp³-hybridized carbons (Fsp3) is 0.800. The molecule has 0 rings (SSSR count). The molecule has 0 unspecified atom stereocenters. The molecule has 0 saturated carbocycles. The first-order valence-corrected chi connectivity index (χ1v) is 8.36. The van der Waals surface area contributed by atoms with Gasteiger partial charge in [-0.1, -0.05) is 20.8 Å². The molecule has 0 aromatic rings. The number of nitrogens with zero attached hydrogens (tertiary/aromatic N) is 3. The van der Waals surface area contributed by atoms with E-state index < -0.39 is 8.24 Å². The van der Waals surface area contributed by atoms with Crippen molar-refractivity contribution in [2.45, 2.75) is 47.3 Å². The zero-order chi connectivity index (χ0) is 11.6. The Morgan fingerprint density at radius 1 is 1.21 bits per heavy atom. The zero-order valence-electron chi connectivity index (χ0n) is 10.5. The van der Waals surface area contributed by atoms with Gasteiger partial charge in [-0.05, 0) is 26.6 Å². The van der Waals surface area contributed by atoms with Crippen molar-refractivity contribution in [2.24, 2.45) is 15.6 Å². The molecule has 0 fully saturated rings. The Kier molecular flexibility index (Phi) is 4.06. The van der Waals surface area contributed by atoms with Crippen molar-refractivity contribution in [3.63, 3.8) is 0 Å². The van der Waals surface area contributed by atoms with Gasteiger partial charge in [0.25, 0.3) is 0 Å². The third-order valence-corrected chi connectivity index (χ3v) is 3.51. The van der Waals surface area contributed by atoms with Crippen molar-refractivity contribution in [1.29, 1.82) is 0 Å². The first kappa shape index (κ1) is 13.4. The molecule has 0 heterocycles. The molecule has 0 aromatic carbocycles. The molecule has 0 aliphatic heterocycles. The van der Waals surface area contributed by atoms with Gasteiger partial charge in [0.05, 0.1) is 0 Å². The molecule has 0 amide bonds. The highest BCUT2D eigenvalue weighted by Crippen LogP contribution is 2.18. The molecular weight excluding hydrogens is 190 g/mol. The minimum absolute atomic E-state index is 0.0998. The van der Waals surface area contributed by atoms with Crippen LogP contribution >= 0.6 is 0 Å². The fourth-order valence-corrected chi connectivity index (χ4v) is 1.56. The Bertz CT molecular complexity index is 233. The molecule has 14 heavy (non-hydrogen) atoms. The quantitative estimate of drug-likeness (QED) is 0.402. The van der Waals surface area contributed by atoms with Crippen LogP contribution in [0.15, 0.2) is 10.2 Å². The van der Waals surface area contributed by atoms with Crippen LogP contribution in [-0.4, -0.2) is 25.4 Å². The Hall–Kier alpha value is -0.643. The van der Waals surface area contributed by atoms with Crippen LogP contribution in [0.5, 0.6) is 0 Å². The summed E-state index contributed by atoms with van der Waals surface area (Å²) >= 11 is 0. The second-order valence-electron chi connectivity index (χ2n) is 5.54. The number of hydrogen-bond acceptors (Lipinski definition) is 3. The number of hydrogen-bond donors (Lipinski definition) is 0. The Morgan fingerprint density at radius 2 is 1.64 bits per heavy atom. The SMILES string of the molecule is C=NN(/N=C(\C)C(C)(C)C)[Si](C)(C)C. The molecule has 0 N–H and O–H groups in total. The monoisotopic (exact) mass is 213 g/mol. The zero-order valence-corrected chi connectivity index (χ0v) is 11.5. The van der Waals surface area contributed by atoms with Crippen LogP contribution in [0.1, 0.15) is 27.7 Å². The maximum Gasteiger partial charge on any atom is 0.202 e. The summed E-state index contributed by atoms with van der Waals surface area (Å²) in [5.41, 5.74) is 1.19. The molecule has 0 radical (unpaired) electrons. The molecule has 0 saturated heterocycles. The summed E-state index contributed by atoms with van der Waals surface area (Å²) in [5, 5.41) is 8.49. The molecule has 0 aromatic heterocycles. The molecule has 0 aliphatic rings. The Labute approximate surface area is 89.0 Å². The van der Waals surface area contributed by atoms with Gasteiger partial charge in [-0.15, -0.1) is 0 Å². The second kappa shape index (κ2) is 4.25. The van der Waals surface area contributed by atoms with E-state index in [0.717, 1.165) is 5.71 Å². The normalized spacial score (nSPS) is 14.1. The van der Waals surface area contributed by atoms with Crippen LogP contribution in [0.25, 0.3) is 0 Å². The van der Waals surface area contributed by atoms with Gasteiger partial charge in [0, 0.05) is 17.8 Å². The minimum Gasteiger partial charge on any atom is -0.222 e. The van der Waals surface area contributed by atoms with E-state index in [2.05, 4.69) is 57.3 Å². The predicted octanol–water partition coefficient (Wildman–Crippen LogP) is 3.16. The summed E-state index contributed by atoms with van der Waals surface area (Å²) < 4.78 is 0. The maximum absolute atomic E-state index is 4.52. The maximum atomic E-state index is 4.52. The van der Waals surface area contributed by atoms with Crippen molar-refractivity contribution in [1.82, 2.24) is 4.78 Å². The molecule has 0 bridgehead atoms. The van der Waals surface area contributed by atoms with Gasteiger partial charge in [-0.25, -0.2) is 4.78 Å². The fourth-order valence-electron chi connectivity index (χ4n) is 0.686. The van der Waals surface area contributed by atoms with Gasteiger partial charge in [0.1, 0.15) is 0 Å². The third-order valence-electron chi connectivity index (χ3n) is 2.06. The summed E-state index contributed by atoms with van der Waals surface area (Å²) in [7, 11) is -1.51. The van der Waals surface area contributed by atoms with Crippen LogP contribution in [0.4, 0.5) is 0 Å². The lowest BCUT2D eigenvalue weighted by molar-refractivity contribution is 0.465. The van der Waals surface area contributed by atoms with Crippen molar-refractivity contribution in [2.75, 3.05) is 0 Å². The smallest absolute Gasteiger partial charge is 0.202 e. The first-order valence-electron chi connectivity index (χ1n) is 4.91. The highest BCUT2D eigenvalue weighted by molar-refractivity contribution is 6.73. The molecule has 0 atom stereocenters. The van der Waals surface area contributed by atoms with Crippen molar-refractivity contribution in [3.8, 4) is 0 Å². The number of hydrazone groups is 2. The van der Waals surface area contributed by atoms with Gasteiger partial charge >= 0.3 is 0 Å². The van der Waals surface area contributed by atoms with Crippen molar-refractivity contribution in [3.05, 3.63) is 0 Å². The van der Waals surface area contributed by atoms with Crippen LogP contribution in [-0.2, 0) is 0 Å². The Balaban J connectivity index is 4.86. The van der Waals surface area contributed by atoms with E-state index >= 15 is 0 Å². The van der Waals surface area contributed by atoms with Gasteiger partial charge in [-0.3, -0.25) is 0 Å². The predicted molar refractivity (Wildman–Crippen MR) is 67.3 cm³/mol. The van der Waals surface area contributed by atoms with E-state index in [4.69, 9.17) is 0 Å². The summed E-state index contributed by atoms with van der Waals surface area (Å²) in [6, 6.07) is 0. The average molecular weight is 213 g/mol. The van der Waals surface area contributed by atoms with E-state index in [1.807, 2.05) is 6.92 Å². The third kappa shape index (κ3) is 4.04. The summed E-state index contributed by atoms with van der Waals surface area (Å²) in [4.78, 5) is 1.80. The van der Waals surface area contributed by atoms with Crippen LogP contribution in [0, 0.1) is 5.41 Å². The van der Waals surface area contributed by atoms with Crippen LogP contribution in [0.3, 0.4) is 0 Å². The van der Waals surface area contributed by atoms with Gasteiger partial charge in [0.15, 0.2) is 0 Å². The molecular formula is C10H23N3Si. The Morgan fingerprint density at radius 3 is 1.86 bits per heavy atom. The summed E-state index contributed by atoms with van der Waals surface area (Å²) in [6.45, 7) is 18.6.